The quantitative estimate of drug-likeness (QED) is 0.291. The van der Waals surface area contributed by atoms with E-state index in [1.54, 1.807) is 0 Å². The van der Waals surface area contributed by atoms with Crippen LogP contribution < -0.4 is 5.32 Å². The Labute approximate surface area is 151 Å². The maximum absolute atomic E-state index is 12.0. The molecular formula is C17H23ClN2O5. The number of non-ortho nitro benzene ring substituents is 1. The van der Waals surface area contributed by atoms with Crippen LogP contribution in [-0.2, 0) is 9.53 Å². The van der Waals surface area contributed by atoms with E-state index in [0.29, 0.717) is 0 Å². The minimum Gasteiger partial charge on any atom is -0.452 e. The minimum atomic E-state index is -0.876. The molecule has 1 atom stereocenters. The maximum atomic E-state index is 12.0. The molecule has 8 heteroatoms. The number of nitrogens with one attached hydrogen (secondary N) is 1. The van der Waals surface area contributed by atoms with Crippen molar-refractivity contribution in [3.05, 3.63) is 38.9 Å². The van der Waals surface area contributed by atoms with Gasteiger partial charge in [0.1, 0.15) is 0 Å². The lowest BCUT2D eigenvalue weighted by atomic mass is 10.1. The predicted octanol–water partition coefficient (Wildman–Crippen LogP) is 3.88. The molecule has 1 aromatic carbocycles. The van der Waals surface area contributed by atoms with Gasteiger partial charge in [0.25, 0.3) is 11.6 Å². The van der Waals surface area contributed by atoms with Crippen molar-refractivity contribution in [2.45, 2.75) is 52.0 Å². The van der Waals surface area contributed by atoms with Crippen molar-refractivity contribution in [2.24, 2.45) is 0 Å². The number of hydrogen-bond acceptors (Lipinski definition) is 5. The van der Waals surface area contributed by atoms with Gasteiger partial charge in [0.05, 0.1) is 15.5 Å². The summed E-state index contributed by atoms with van der Waals surface area (Å²) in [5, 5.41) is 13.5. The third kappa shape index (κ3) is 7.51. The first-order chi connectivity index (χ1) is 11.8. The number of rotatable bonds is 10. The first-order valence-electron chi connectivity index (χ1n) is 8.25. The Balaban J connectivity index is 2.47. The number of halogens is 1. The molecule has 0 fully saturated rings. The van der Waals surface area contributed by atoms with E-state index in [-0.39, 0.29) is 22.3 Å². The average molecular weight is 371 g/mol. The summed E-state index contributed by atoms with van der Waals surface area (Å²) in [7, 11) is 0. The number of unbranched alkanes of at least 4 members (excludes halogenated alkanes) is 3. The van der Waals surface area contributed by atoms with Crippen LogP contribution in [0.25, 0.3) is 0 Å². The van der Waals surface area contributed by atoms with Gasteiger partial charge in [-0.1, -0.05) is 44.2 Å². The van der Waals surface area contributed by atoms with Crippen LogP contribution in [0.4, 0.5) is 5.69 Å². The SMILES string of the molecule is CCCCCC[C@H](C)NC(=O)COC(=O)c1cc([N+](=O)[O-])ccc1Cl. The molecular weight excluding hydrogens is 348 g/mol. The number of carbonyl (C=O) groups excluding carboxylic acids is 2. The van der Waals surface area contributed by atoms with Crippen LogP contribution >= 0.6 is 11.6 Å². The van der Waals surface area contributed by atoms with Crippen LogP contribution in [0.5, 0.6) is 0 Å². The summed E-state index contributed by atoms with van der Waals surface area (Å²) in [6.07, 6.45) is 5.32. The molecule has 0 saturated carbocycles. The number of nitrogens with zero attached hydrogens (tertiary/aromatic N) is 1. The van der Waals surface area contributed by atoms with Crippen molar-refractivity contribution < 1.29 is 19.2 Å². The van der Waals surface area contributed by atoms with E-state index in [2.05, 4.69) is 12.2 Å². The Bertz CT molecular complexity index is 621. The highest BCUT2D eigenvalue weighted by Crippen LogP contribution is 2.22. The highest BCUT2D eigenvalue weighted by molar-refractivity contribution is 6.33. The summed E-state index contributed by atoms with van der Waals surface area (Å²) < 4.78 is 4.89. The molecule has 0 heterocycles. The van der Waals surface area contributed by atoms with Crippen LogP contribution in [0.1, 0.15) is 56.3 Å². The summed E-state index contributed by atoms with van der Waals surface area (Å²) in [5.74, 6) is -1.29. The van der Waals surface area contributed by atoms with Crippen LogP contribution in [-0.4, -0.2) is 29.4 Å². The lowest BCUT2D eigenvalue weighted by Gasteiger charge is -2.14. The third-order valence-electron chi connectivity index (χ3n) is 3.61. The van der Waals surface area contributed by atoms with Gasteiger partial charge >= 0.3 is 5.97 Å². The minimum absolute atomic E-state index is 0.00976. The van der Waals surface area contributed by atoms with Crippen LogP contribution in [0.2, 0.25) is 5.02 Å². The molecule has 0 unspecified atom stereocenters. The van der Waals surface area contributed by atoms with Crippen molar-refractivity contribution >= 4 is 29.2 Å². The van der Waals surface area contributed by atoms with Crippen molar-refractivity contribution in [3.8, 4) is 0 Å². The number of carbonyl (C=O) groups is 2. The monoisotopic (exact) mass is 370 g/mol. The lowest BCUT2D eigenvalue weighted by molar-refractivity contribution is -0.384. The molecule has 1 aromatic rings. The van der Waals surface area contributed by atoms with Gasteiger partial charge in [0.15, 0.2) is 6.61 Å². The molecule has 0 aliphatic heterocycles. The molecule has 0 saturated heterocycles. The number of hydrogen-bond donors (Lipinski definition) is 1. The molecule has 0 spiro atoms. The Morgan fingerprint density at radius 3 is 2.68 bits per heavy atom. The lowest BCUT2D eigenvalue weighted by Crippen LogP contribution is -2.35. The fourth-order valence-corrected chi connectivity index (χ4v) is 2.45. The first kappa shape index (κ1) is 20.9. The molecule has 1 amide bonds. The van der Waals surface area contributed by atoms with E-state index < -0.39 is 23.4 Å². The molecule has 0 bridgehead atoms. The number of esters is 1. The topological polar surface area (TPSA) is 98.5 Å². The van der Waals surface area contributed by atoms with E-state index in [0.717, 1.165) is 31.7 Å². The Kier molecular flexibility index (Phi) is 8.91. The molecule has 0 aliphatic carbocycles. The second-order valence-corrected chi connectivity index (χ2v) is 6.22. The molecule has 25 heavy (non-hydrogen) atoms. The van der Waals surface area contributed by atoms with Gasteiger partial charge in [-0.3, -0.25) is 14.9 Å². The van der Waals surface area contributed by atoms with E-state index in [9.17, 15) is 19.7 Å². The zero-order valence-corrected chi connectivity index (χ0v) is 15.2. The maximum Gasteiger partial charge on any atom is 0.340 e. The molecule has 1 N–H and O–H groups in total. The number of ether oxygens (including phenoxy) is 1. The van der Waals surface area contributed by atoms with Crippen molar-refractivity contribution in [3.63, 3.8) is 0 Å². The molecule has 1 rings (SSSR count). The summed E-state index contributed by atoms with van der Waals surface area (Å²) >= 11 is 5.85. The molecule has 7 nitrogen and oxygen atoms in total. The van der Waals surface area contributed by atoms with Crippen molar-refractivity contribution in [1.82, 2.24) is 5.32 Å². The zero-order chi connectivity index (χ0) is 18.8. The average Bonchev–Trinajstić information content (AvgIpc) is 2.56. The van der Waals surface area contributed by atoms with Gasteiger partial charge in [-0.25, -0.2) is 4.79 Å². The molecule has 0 aromatic heterocycles. The fraction of sp³-hybridized carbons (Fsp3) is 0.529. The van der Waals surface area contributed by atoms with Crippen molar-refractivity contribution in [2.75, 3.05) is 6.61 Å². The molecule has 0 radical (unpaired) electrons. The van der Waals surface area contributed by atoms with Crippen LogP contribution in [0, 0.1) is 10.1 Å². The standard InChI is InChI=1S/C17H23ClN2O5/c1-3-4-5-6-7-12(2)19-16(21)11-25-17(22)14-10-13(20(23)24)8-9-15(14)18/h8-10,12H,3-7,11H2,1-2H3,(H,19,21)/t12-/m0/s1. The smallest absolute Gasteiger partial charge is 0.340 e. The van der Waals surface area contributed by atoms with Gasteiger partial charge in [0, 0.05) is 18.2 Å². The van der Waals surface area contributed by atoms with Gasteiger partial charge < -0.3 is 10.1 Å². The van der Waals surface area contributed by atoms with Crippen LogP contribution in [0.15, 0.2) is 18.2 Å². The van der Waals surface area contributed by atoms with E-state index >= 15 is 0 Å². The Morgan fingerprint density at radius 2 is 2.04 bits per heavy atom. The Morgan fingerprint density at radius 1 is 1.32 bits per heavy atom. The summed E-state index contributed by atoms with van der Waals surface area (Å²) in [6, 6.07) is 3.45. The summed E-state index contributed by atoms with van der Waals surface area (Å²) in [6.45, 7) is 3.56. The zero-order valence-electron chi connectivity index (χ0n) is 14.4. The van der Waals surface area contributed by atoms with E-state index in [4.69, 9.17) is 16.3 Å². The molecule has 0 aliphatic rings. The largest absolute Gasteiger partial charge is 0.452 e. The highest BCUT2D eigenvalue weighted by Gasteiger charge is 2.18. The van der Waals surface area contributed by atoms with Crippen LogP contribution in [0.3, 0.4) is 0 Å². The van der Waals surface area contributed by atoms with Crippen molar-refractivity contribution in [1.29, 1.82) is 0 Å². The third-order valence-corrected chi connectivity index (χ3v) is 3.94. The first-order valence-corrected chi connectivity index (χ1v) is 8.63. The van der Waals surface area contributed by atoms with Gasteiger partial charge in [0.2, 0.25) is 0 Å². The second kappa shape index (κ2) is 10.7. The van der Waals surface area contributed by atoms with Gasteiger partial charge in [-0.05, 0) is 19.4 Å². The number of nitro benzene ring substituents is 1. The normalized spacial score (nSPS) is 11.6. The summed E-state index contributed by atoms with van der Waals surface area (Å²) in [4.78, 5) is 33.9. The van der Waals surface area contributed by atoms with E-state index in [1.807, 2.05) is 6.92 Å². The molecule has 138 valence electrons. The van der Waals surface area contributed by atoms with Gasteiger partial charge in [-0.15, -0.1) is 0 Å². The van der Waals surface area contributed by atoms with Gasteiger partial charge in [-0.2, -0.15) is 0 Å². The Hall–Kier alpha value is -2.15. The predicted molar refractivity (Wildman–Crippen MR) is 94.8 cm³/mol. The number of amides is 1. The van der Waals surface area contributed by atoms with E-state index in [1.165, 1.54) is 18.6 Å². The summed E-state index contributed by atoms with van der Waals surface area (Å²) in [5.41, 5.74) is -0.419. The highest BCUT2D eigenvalue weighted by atomic mass is 35.5. The number of benzene rings is 1. The second-order valence-electron chi connectivity index (χ2n) is 5.82. The number of nitro groups is 1. The fourth-order valence-electron chi connectivity index (χ4n) is 2.26.